The first kappa shape index (κ1) is 10.4. The monoisotopic (exact) mass is 197 g/mol. The maximum atomic E-state index is 6.13. The zero-order valence-electron chi connectivity index (χ0n) is 8.42. The first-order chi connectivity index (χ1) is 6.15. The van der Waals surface area contributed by atoms with Gasteiger partial charge < -0.3 is 4.90 Å². The Labute approximate surface area is 85.3 Å². The van der Waals surface area contributed by atoms with Crippen molar-refractivity contribution in [1.82, 2.24) is 0 Å². The minimum atomic E-state index is 0.0850. The van der Waals surface area contributed by atoms with E-state index in [1.54, 1.807) is 0 Å². The highest BCUT2D eigenvalue weighted by Gasteiger charge is 2.08. The third-order valence-electron chi connectivity index (χ3n) is 2.17. The molecular weight excluding hydrogens is 182 g/mol. The van der Waals surface area contributed by atoms with E-state index < -0.39 is 0 Å². The number of halogens is 1. The van der Waals surface area contributed by atoms with E-state index in [0.29, 0.717) is 0 Å². The summed E-state index contributed by atoms with van der Waals surface area (Å²) < 4.78 is 0. The van der Waals surface area contributed by atoms with Crippen LogP contribution in [-0.2, 0) is 0 Å². The van der Waals surface area contributed by atoms with Crippen LogP contribution in [-0.4, -0.2) is 12.5 Å². The minimum Gasteiger partial charge on any atom is -0.358 e. The maximum absolute atomic E-state index is 6.13. The number of aryl methyl sites for hydroxylation is 1. The maximum Gasteiger partial charge on any atom is 0.103 e. The van der Waals surface area contributed by atoms with Gasteiger partial charge in [-0.05, 0) is 31.0 Å². The van der Waals surface area contributed by atoms with E-state index in [0.717, 1.165) is 6.42 Å². The Bertz CT molecular complexity index is 273. The molecule has 0 aromatic heterocycles. The molecule has 2 heteroatoms. The van der Waals surface area contributed by atoms with Crippen molar-refractivity contribution < 1.29 is 0 Å². The molecule has 0 saturated carbocycles. The van der Waals surface area contributed by atoms with Gasteiger partial charge in [0.05, 0.1) is 0 Å². The van der Waals surface area contributed by atoms with E-state index in [2.05, 4.69) is 43.0 Å². The number of rotatable bonds is 3. The first-order valence-electron chi connectivity index (χ1n) is 4.58. The molecule has 0 spiro atoms. The molecule has 1 atom stereocenters. The molecule has 1 rings (SSSR count). The first-order valence-corrected chi connectivity index (χ1v) is 5.02. The standard InChI is InChI=1S/C11H16ClN/c1-4-11(12)13(3)10-7-5-6-9(2)8-10/h5-8,11H,4H2,1-3H3. The summed E-state index contributed by atoms with van der Waals surface area (Å²) in [4.78, 5) is 2.09. The molecule has 0 bridgehead atoms. The summed E-state index contributed by atoms with van der Waals surface area (Å²) >= 11 is 6.13. The lowest BCUT2D eigenvalue weighted by atomic mass is 10.2. The van der Waals surface area contributed by atoms with Crippen molar-refractivity contribution in [1.29, 1.82) is 0 Å². The van der Waals surface area contributed by atoms with Crippen LogP contribution in [0.2, 0.25) is 0 Å². The number of anilines is 1. The fraction of sp³-hybridized carbons (Fsp3) is 0.455. The Hall–Kier alpha value is -0.690. The molecule has 1 aromatic rings. The van der Waals surface area contributed by atoms with Crippen LogP contribution >= 0.6 is 11.6 Å². The summed E-state index contributed by atoms with van der Waals surface area (Å²) in [6.45, 7) is 4.18. The topological polar surface area (TPSA) is 3.24 Å². The molecule has 72 valence electrons. The van der Waals surface area contributed by atoms with E-state index in [-0.39, 0.29) is 5.50 Å². The molecule has 1 aromatic carbocycles. The number of hydrogen-bond acceptors (Lipinski definition) is 1. The van der Waals surface area contributed by atoms with Crippen molar-refractivity contribution in [3.8, 4) is 0 Å². The number of nitrogens with zero attached hydrogens (tertiary/aromatic N) is 1. The summed E-state index contributed by atoms with van der Waals surface area (Å²) in [5.74, 6) is 0. The van der Waals surface area contributed by atoms with E-state index in [1.165, 1.54) is 11.3 Å². The van der Waals surface area contributed by atoms with Crippen molar-refractivity contribution in [2.24, 2.45) is 0 Å². The predicted octanol–water partition coefficient (Wildman–Crippen LogP) is 3.41. The lowest BCUT2D eigenvalue weighted by molar-refractivity contribution is 0.786. The van der Waals surface area contributed by atoms with Gasteiger partial charge in [-0.1, -0.05) is 30.7 Å². The largest absolute Gasteiger partial charge is 0.358 e. The number of alkyl halides is 1. The zero-order chi connectivity index (χ0) is 9.84. The molecule has 0 fully saturated rings. The van der Waals surface area contributed by atoms with Gasteiger partial charge in [0.1, 0.15) is 5.50 Å². The van der Waals surface area contributed by atoms with Crippen LogP contribution in [0.3, 0.4) is 0 Å². The van der Waals surface area contributed by atoms with Gasteiger partial charge in [-0.15, -0.1) is 0 Å². The van der Waals surface area contributed by atoms with E-state index in [9.17, 15) is 0 Å². The highest BCUT2D eigenvalue weighted by Crippen LogP contribution is 2.19. The molecule has 0 aliphatic rings. The molecule has 0 amide bonds. The minimum absolute atomic E-state index is 0.0850. The molecule has 1 nitrogen and oxygen atoms in total. The fourth-order valence-corrected chi connectivity index (χ4v) is 1.40. The van der Waals surface area contributed by atoms with Crippen LogP contribution in [0.25, 0.3) is 0 Å². The highest BCUT2D eigenvalue weighted by atomic mass is 35.5. The van der Waals surface area contributed by atoms with Crippen molar-refractivity contribution in [2.75, 3.05) is 11.9 Å². The normalized spacial score (nSPS) is 12.6. The van der Waals surface area contributed by atoms with E-state index in [1.807, 2.05) is 7.05 Å². The van der Waals surface area contributed by atoms with Gasteiger partial charge in [0.15, 0.2) is 0 Å². The summed E-state index contributed by atoms with van der Waals surface area (Å²) in [7, 11) is 2.02. The van der Waals surface area contributed by atoms with Gasteiger partial charge in [0, 0.05) is 12.7 Å². The van der Waals surface area contributed by atoms with Crippen LogP contribution in [0.4, 0.5) is 5.69 Å². The molecule has 0 saturated heterocycles. The lowest BCUT2D eigenvalue weighted by Crippen LogP contribution is -2.25. The van der Waals surface area contributed by atoms with E-state index in [4.69, 9.17) is 11.6 Å². The van der Waals surface area contributed by atoms with Gasteiger partial charge in [0.2, 0.25) is 0 Å². The summed E-state index contributed by atoms with van der Waals surface area (Å²) in [5, 5.41) is 0. The van der Waals surface area contributed by atoms with Gasteiger partial charge in [-0.25, -0.2) is 0 Å². The van der Waals surface area contributed by atoms with Crippen LogP contribution in [0, 0.1) is 6.92 Å². The average molecular weight is 198 g/mol. The summed E-state index contributed by atoms with van der Waals surface area (Å²) in [5.41, 5.74) is 2.54. The molecule has 0 heterocycles. The smallest absolute Gasteiger partial charge is 0.103 e. The van der Waals surface area contributed by atoms with Crippen molar-refractivity contribution in [2.45, 2.75) is 25.8 Å². The van der Waals surface area contributed by atoms with Crippen molar-refractivity contribution >= 4 is 17.3 Å². The van der Waals surface area contributed by atoms with Gasteiger partial charge in [-0.2, -0.15) is 0 Å². The van der Waals surface area contributed by atoms with Gasteiger partial charge in [-0.3, -0.25) is 0 Å². The second kappa shape index (κ2) is 4.52. The molecule has 0 aliphatic heterocycles. The highest BCUT2D eigenvalue weighted by molar-refractivity contribution is 6.21. The Balaban J connectivity index is 2.82. The molecule has 0 N–H and O–H groups in total. The summed E-state index contributed by atoms with van der Waals surface area (Å²) in [6, 6.07) is 8.37. The SMILES string of the molecule is CCC(Cl)N(C)c1cccc(C)c1. The van der Waals surface area contributed by atoms with Crippen LogP contribution in [0.5, 0.6) is 0 Å². The van der Waals surface area contributed by atoms with Crippen LogP contribution in [0.15, 0.2) is 24.3 Å². The van der Waals surface area contributed by atoms with Crippen molar-refractivity contribution in [3.63, 3.8) is 0 Å². The van der Waals surface area contributed by atoms with Crippen molar-refractivity contribution in [3.05, 3.63) is 29.8 Å². The Kier molecular flexibility index (Phi) is 3.61. The molecule has 0 radical (unpaired) electrons. The zero-order valence-corrected chi connectivity index (χ0v) is 9.17. The third kappa shape index (κ3) is 2.63. The summed E-state index contributed by atoms with van der Waals surface area (Å²) in [6.07, 6.45) is 0.950. The van der Waals surface area contributed by atoms with Crippen LogP contribution < -0.4 is 4.90 Å². The van der Waals surface area contributed by atoms with Gasteiger partial charge >= 0.3 is 0 Å². The Morgan fingerprint density at radius 3 is 2.69 bits per heavy atom. The molecule has 0 aliphatic carbocycles. The molecule has 1 unspecified atom stereocenters. The second-order valence-corrected chi connectivity index (χ2v) is 3.80. The fourth-order valence-electron chi connectivity index (χ4n) is 1.28. The number of hydrogen-bond donors (Lipinski definition) is 0. The Morgan fingerprint density at radius 2 is 2.15 bits per heavy atom. The predicted molar refractivity (Wildman–Crippen MR) is 59.5 cm³/mol. The van der Waals surface area contributed by atoms with Gasteiger partial charge in [0.25, 0.3) is 0 Å². The third-order valence-corrected chi connectivity index (χ3v) is 2.77. The molecule has 13 heavy (non-hydrogen) atoms. The Morgan fingerprint density at radius 1 is 1.46 bits per heavy atom. The van der Waals surface area contributed by atoms with E-state index >= 15 is 0 Å². The lowest BCUT2D eigenvalue weighted by Gasteiger charge is -2.24. The van der Waals surface area contributed by atoms with Crippen LogP contribution in [0.1, 0.15) is 18.9 Å². The average Bonchev–Trinajstić information content (AvgIpc) is 2.15. The second-order valence-electron chi connectivity index (χ2n) is 3.29. The number of benzene rings is 1. The quantitative estimate of drug-likeness (QED) is 0.530. The molecular formula is C11H16ClN.